The van der Waals surface area contributed by atoms with Crippen LogP contribution in [0.4, 0.5) is 0 Å². The summed E-state index contributed by atoms with van der Waals surface area (Å²) in [6.07, 6.45) is 0. The minimum Gasteiger partial charge on any atom is -0.457 e. The van der Waals surface area contributed by atoms with E-state index >= 15 is 0 Å². The molecule has 0 aliphatic heterocycles. The molecule has 9 heteroatoms. The van der Waals surface area contributed by atoms with E-state index in [0.717, 1.165) is 0 Å². The van der Waals surface area contributed by atoms with Crippen LogP contribution in [0.2, 0.25) is 0 Å². The van der Waals surface area contributed by atoms with Crippen molar-refractivity contribution in [2.75, 3.05) is 19.8 Å². The van der Waals surface area contributed by atoms with E-state index in [9.17, 15) is 9.59 Å². The summed E-state index contributed by atoms with van der Waals surface area (Å²) in [5.41, 5.74) is 15.7. The summed E-state index contributed by atoms with van der Waals surface area (Å²) in [6, 6.07) is 0. The Kier molecular flexibility index (Phi) is 7.83. The second-order valence-electron chi connectivity index (χ2n) is 2.71. The van der Waals surface area contributed by atoms with Crippen LogP contribution >= 0.6 is 0 Å². The van der Waals surface area contributed by atoms with Gasteiger partial charge < -0.3 is 15.8 Å². The van der Waals surface area contributed by atoms with Gasteiger partial charge in [-0.3, -0.25) is 4.79 Å². The van der Waals surface area contributed by atoms with E-state index in [4.69, 9.17) is 11.1 Å². The standard InChI is InChI=1S/C9H12N4O5/c1-3-16-9(15)7(13-11)8(14)6(12-10)5-18-17-4-2/h3-5H2,1-2H3. The van der Waals surface area contributed by atoms with Gasteiger partial charge in [-0.1, -0.05) is 0 Å². The Hall–Kier alpha value is -2.18. The van der Waals surface area contributed by atoms with Crippen molar-refractivity contribution in [2.45, 2.75) is 13.8 Å². The number of hydrogen-bond acceptors (Lipinski definition) is 5. The van der Waals surface area contributed by atoms with Crippen LogP contribution in [0, 0.1) is 0 Å². The molecule has 0 bridgehead atoms. The van der Waals surface area contributed by atoms with Crippen molar-refractivity contribution < 1.29 is 33.7 Å². The lowest BCUT2D eigenvalue weighted by atomic mass is 10.1. The van der Waals surface area contributed by atoms with Crippen molar-refractivity contribution in [1.29, 1.82) is 0 Å². The van der Waals surface area contributed by atoms with E-state index in [1.165, 1.54) is 6.92 Å². The first-order valence-electron chi connectivity index (χ1n) is 5.01. The Morgan fingerprint density at radius 1 is 1.06 bits per heavy atom. The zero-order chi connectivity index (χ0) is 14.0. The quantitative estimate of drug-likeness (QED) is 0.0837. The third-order valence-electron chi connectivity index (χ3n) is 1.56. The number of Topliss-reactive ketones (excluding diaryl/α,β-unsaturated/α-hetero) is 1. The molecule has 0 atom stereocenters. The molecule has 18 heavy (non-hydrogen) atoms. The number of carbonyl (C=O) groups is 2. The summed E-state index contributed by atoms with van der Waals surface area (Å²) in [7, 11) is 0. The molecule has 0 saturated heterocycles. The number of ketones is 1. The maximum atomic E-state index is 11.6. The molecule has 0 aromatic rings. The first kappa shape index (κ1) is 15.8. The van der Waals surface area contributed by atoms with E-state index in [1.807, 2.05) is 0 Å². The van der Waals surface area contributed by atoms with Gasteiger partial charge in [0.15, 0.2) is 6.61 Å². The third kappa shape index (κ3) is 4.77. The number of hydrogen-bond donors (Lipinski definition) is 0. The first-order chi connectivity index (χ1) is 8.62. The highest BCUT2D eigenvalue weighted by molar-refractivity contribution is 6.77. The maximum absolute atomic E-state index is 11.6. The predicted octanol–water partition coefficient (Wildman–Crippen LogP) is -0.572. The second kappa shape index (κ2) is 8.91. The average Bonchev–Trinajstić information content (AvgIpc) is 2.35. The molecular formula is C9H12N4O5. The molecule has 0 aliphatic rings. The summed E-state index contributed by atoms with van der Waals surface area (Å²) in [4.78, 5) is 36.9. The molecule has 0 amide bonds. The van der Waals surface area contributed by atoms with E-state index in [2.05, 4.69) is 24.1 Å². The van der Waals surface area contributed by atoms with Gasteiger partial charge >= 0.3 is 23.2 Å². The molecule has 0 aromatic heterocycles. The fourth-order valence-electron chi connectivity index (χ4n) is 0.836. The normalized spacial score (nSPS) is 9.00. The number of rotatable bonds is 8. The van der Waals surface area contributed by atoms with Crippen LogP contribution in [0.25, 0.3) is 11.1 Å². The number of ether oxygens (including phenoxy) is 1. The molecule has 98 valence electrons. The lowest BCUT2D eigenvalue weighted by Gasteiger charge is -1.97. The van der Waals surface area contributed by atoms with Crippen LogP contribution in [0.15, 0.2) is 0 Å². The third-order valence-corrected chi connectivity index (χ3v) is 1.56. The van der Waals surface area contributed by atoms with E-state index < -0.39 is 29.8 Å². The van der Waals surface area contributed by atoms with E-state index in [0.29, 0.717) is 0 Å². The number of esters is 1. The molecule has 0 radical (unpaired) electrons. The minimum absolute atomic E-state index is 0.00776. The number of nitrogens with zero attached hydrogens (tertiary/aromatic N) is 4. The van der Waals surface area contributed by atoms with Gasteiger partial charge in [0, 0.05) is 0 Å². The van der Waals surface area contributed by atoms with Crippen LogP contribution in [0.1, 0.15) is 13.8 Å². The van der Waals surface area contributed by atoms with Gasteiger partial charge in [-0.2, -0.15) is 9.58 Å². The van der Waals surface area contributed by atoms with Gasteiger partial charge in [-0.15, -0.1) is 0 Å². The molecule has 0 heterocycles. The van der Waals surface area contributed by atoms with Crippen LogP contribution in [0.3, 0.4) is 0 Å². The highest BCUT2D eigenvalue weighted by Crippen LogP contribution is 1.89. The zero-order valence-corrected chi connectivity index (χ0v) is 9.95. The molecule has 0 aliphatic carbocycles. The Morgan fingerprint density at radius 2 is 1.72 bits per heavy atom. The molecule has 0 unspecified atom stereocenters. The van der Waals surface area contributed by atoms with E-state index in [-0.39, 0.29) is 13.2 Å². The molecule has 9 nitrogen and oxygen atoms in total. The lowest BCUT2D eigenvalue weighted by molar-refractivity contribution is -0.282. The van der Waals surface area contributed by atoms with Crippen molar-refractivity contribution in [3.8, 4) is 0 Å². The Morgan fingerprint density at radius 3 is 2.17 bits per heavy atom. The molecule has 0 saturated carbocycles. The minimum atomic E-state index is -1.14. The van der Waals surface area contributed by atoms with Crippen LogP contribution in [-0.2, 0) is 24.1 Å². The maximum Gasteiger partial charge on any atom is 0.453 e. The Bertz CT molecular complexity index is 421. The molecule has 0 rings (SSSR count). The van der Waals surface area contributed by atoms with Crippen molar-refractivity contribution in [3.05, 3.63) is 11.1 Å². The van der Waals surface area contributed by atoms with Crippen molar-refractivity contribution in [2.24, 2.45) is 0 Å². The van der Waals surface area contributed by atoms with Gasteiger partial charge in [-0.25, -0.2) is 14.6 Å². The van der Waals surface area contributed by atoms with Crippen molar-refractivity contribution in [1.82, 2.24) is 0 Å². The molecule has 0 fully saturated rings. The largest absolute Gasteiger partial charge is 0.457 e. The molecule has 0 N–H and O–H groups in total. The fraction of sp³-hybridized carbons (Fsp3) is 0.556. The van der Waals surface area contributed by atoms with Gasteiger partial charge in [0.2, 0.25) is 0 Å². The van der Waals surface area contributed by atoms with Gasteiger partial charge in [-0.05, 0) is 13.8 Å². The highest BCUT2D eigenvalue weighted by Gasteiger charge is 2.40. The van der Waals surface area contributed by atoms with Crippen LogP contribution < -0.4 is 0 Å². The van der Waals surface area contributed by atoms with Gasteiger partial charge in [0.1, 0.15) is 0 Å². The first-order valence-corrected chi connectivity index (χ1v) is 5.01. The van der Waals surface area contributed by atoms with Gasteiger partial charge in [0.25, 0.3) is 0 Å². The SMILES string of the molecule is CCOOCC(=[N+]=[N-])C(=O)C(=[N+]=[N-])C(=O)OCC. The molecular weight excluding hydrogens is 244 g/mol. The summed E-state index contributed by atoms with van der Waals surface area (Å²) < 4.78 is 4.48. The average molecular weight is 256 g/mol. The summed E-state index contributed by atoms with van der Waals surface area (Å²) in [5, 5.41) is 0. The number of carbonyl (C=O) groups excluding carboxylic acids is 2. The Balaban J connectivity index is 4.82. The fourth-order valence-corrected chi connectivity index (χ4v) is 0.836. The van der Waals surface area contributed by atoms with Crippen molar-refractivity contribution in [3.63, 3.8) is 0 Å². The topological polar surface area (TPSA) is 135 Å². The second-order valence-corrected chi connectivity index (χ2v) is 2.71. The zero-order valence-electron chi connectivity index (χ0n) is 9.95. The summed E-state index contributed by atoms with van der Waals surface area (Å²) >= 11 is 0. The monoisotopic (exact) mass is 256 g/mol. The van der Waals surface area contributed by atoms with E-state index in [1.54, 1.807) is 6.92 Å². The predicted molar refractivity (Wildman–Crippen MR) is 56.5 cm³/mol. The van der Waals surface area contributed by atoms with Gasteiger partial charge in [0.05, 0.1) is 13.2 Å². The van der Waals surface area contributed by atoms with Crippen LogP contribution in [-0.4, -0.2) is 52.6 Å². The smallest absolute Gasteiger partial charge is 0.453 e. The molecule has 0 spiro atoms. The Labute approximate surface area is 102 Å². The van der Waals surface area contributed by atoms with Crippen LogP contribution in [0.5, 0.6) is 0 Å². The summed E-state index contributed by atoms with van der Waals surface area (Å²) in [6.45, 7) is 2.84. The molecule has 0 aromatic carbocycles. The summed E-state index contributed by atoms with van der Waals surface area (Å²) in [5.74, 6) is -2.26. The lowest BCUT2D eigenvalue weighted by Crippen LogP contribution is -2.35. The highest BCUT2D eigenvalue weighted by atomic mass is 17.2. The van der Waals surface area contributed by atoms with Crippen molar-refractivity contribution >= 4 is 23.2 Å².